The van der Waals surface area contributed by atoms with Crippen molar-refractivity contribution in [2.24, 2.45) is 23.7 Å². The van der Waals surface area contributed by atoms with Gasteiger partial charge in [0.2, 0.25) is 0 Å². The lowest BCUT2D eigenvalue weighted by atomic mass is 9.85. The molecular formula is C15H30N2. The van der Waals surface area contributed by atoms with Gasteiger partial charge in [0.1, 0.15) is 0 Å². The van der Waals surface area contributed by atoms with Gasteiger partial charge < -0.3 is 10.6 Å². The van der Waals surface area contributed by atoms with Crippen molar-refractivity contribution in [1.29, 1.82) is 0 Å². The van der Waals surface area contributed by atoms with Crippen molar-refractivity contribution in [3.05, 3.63) is 0 Å². The Morgan fingerprint density at radius 1 is 1.12 bits per heavy atom. The molecule has 1 heterocycles. The van der Waals surface area contributed by atoms with E-state index in [0.717, 1.165) is 23.7 Å². The number of rotatable bonds is 7. The SMILES string of the molecule is CC(CNCCC(C)C1CCCNC1)C1CC1. The minimum atomic E-state index is 0.881. The molecule has 1 saturated heterocycles. The second kappa shape index (κ2) is 6.75. The quantitative estimate of drug-likeness (QED) is 0.666. The highest BCUT2D eigenvalue weighted by Crippen LogP contribution is 2.36. The molecule has 0 radical (unpaired) electrons. The molecule has 1 saturated carbocycles. The maximum absolute atomic E-state index is 3.66. The van der Waals surface area contributed by atoms with Crippen LogP contribution in [0.1, 0.15) is 46.0 Å². The van der Waals surface area contributed by atoms with E-state index in [-0.39, 0.29) is 0 Å². The molecule has 0 aromatic rings. The minimum Gasteiger partial charge on any atom is -0.316 e. The lowest BCUT2D eigenvalue weighted by Gasteiger charge is -2.28. The second-order valence-electron chi connectivity index (χ2n) is 6.39. The van der Waals surface area contributed by atoms with Crippen molar-refractivity contribution < 1.29 is 0 Å². The Bertz CT molecular complexity index is 207. The molecule has 0 bridgehead atoms. The summed E-state index contributed by atoms with van der Waals surface area (Å²) in [6, 6.07) is 0. The first-order chi connectivity index (χ1) is 8.27. The Hall–Kier alpha value is -0.0800. The highest BCUT2D eigenvalue weighted by molar-refractivity contribution is 4.80. The van der Waals surface area contributed by atoms with Crippen LogP contribution in [0, 0.1) is 23.7 Å². The molecule has 1 aliphatic heterocycles. The minimum absolute atomic E-state index is 0.881. The summed E-state index contributed by atoms with van der Waals surface area (Å²) in [5, 5.41) is 7.18. The summed E-state index contributed by atoms with van der Waals surface area (Å²) >= 11 is 0. The summed E-state index contributed by atoms with van der Waals surface area (Å²) in [7, 11) is 0. The predicted molar refractivity (Wildman–Crippen MR) is 74.1 cm³/mol. The van der Waals surface area contributed by atoms with Gasteiger partial charge in [0.25, 0.3) is 0 Å². The van der Waals surface area contributed by atoms with Crippen LogP contribution in [0.5, 0.6) is 0 Å². The van der Waals surface area contributed by atoms with E-state index in [1.54, 1.807) is 0 Å². The van der Waals surface area contributed by atoms with Crippen LogP contribution in [0.4, 0.5) is 0 Å². The number of nitrogens with one attached hydrogen (secondary N) is 2. The van der Waals surface area contributed by atoms with Gasteiger partial charge in [0, 0.05) is 0 Å². The molecule has 2 N–H and O–H groups in total. The molecule has 2 rings (SSSR count). The highest BCUT2D eigenvalue weighted by atomic mass is 14.9. The average Bonchev–Trinajstić information content (AvgIpc) is 3.19. The lowest BCUT2D eigenvalue weighted by Crippen LogP contribution is -2.34. The van der Waals surface area contributed by atoms with Gasteiger partial charge in [0.05, 0.1) is 0 Å². The fraction of sp³-hybridized carbons (Fsp3) is 1.00. The van der Waals surface area contributed by atoms with Gasteiger partial charge in [-0.3, -0.25) is 0 Å². The normalized spacial score (nSPS) is 28.9. The van der Waals surface area contributed by atoms with E-state index in [0.29, 0.717) is 0 Å². The molecule has 2 nitrogen and oxygen atoms in total. The molecule has 17 heavy (non-hydrogen) atoms. The Balaban J connectivity index is 1.51. The van der Waals surface area contributed by atoms with Gasteiger partial charge in [-0.2, -0.15) is 0 Å². The van der Waals surface area contributed by atoms with Crippen molar-refractivity contribution in [2.45, 2.75) is 46.0 Å². The lowest BCUT2D eigenvalue weighted by molar-refractivity contribution is 0.264. The molecular weight excluding hydrogens is 208 g/mol. The number of hydrogen-bond acceptors (Lipinski definition) is 2. The fourth-order valence-electron chi connectivity index (χ4n) is 3.09. The monoisotopic (exact) mass is 238 g/mol. The van der Waals surface area contributed by atoms with Crippen molar-refractivity contribution >= 4 is 0 Å². The molecule has 3 unspecified atom stereocenters. The first-order valence-corrected chi connectivity index (χ1v) is 7.69. The van der Waals surface area contributed by atoms with E-state index >= 15 is 0 Å². The van der Waals surface area contributed by atoms with Gasteiger partial charge in [-0.1, -0.05) is 13.8 Å². The van der Waals surface area contributed by atoms with E-state index < -0.39 is 0 Å². The van der Waals surface area contributed by atoms with Crippen LogP contribution in [-0.4, -0.2) is 26.2 Å². The number of hydrogen-bond donors (Lipinski definition) is 2. The largest absolute Gasteiger partial charge is 0.316 e. The maximum Gasteiger partial charge on any atom is -0.00180 e. The van der Waals surface area contributed by atoms with Crippen LogP contribution in [-0.2, 0) is 0 Å². The van der Waals surface area contributed by atoms with Gasteiger partial charge >= 0.3 is 0 Å². The Kier molecular flexibility index (Phi) is 5.30. The van der Waals surface area contributed by atoms with Crippen LogP contribution in [0.2, 0.25) is 0 Å². The van der Waals surface area contributed by atoms with E-state index in [2.05, 4.69) is 24.5 Å². The average molecular weight is 238 g/mol. The van der Waals surface area contributed by atoms with E-state index in [1.165, 1.54) is 58.3 Å². The maximum atomic E-state index is 3.66. The van der Waals surface area contributed by atoms with Gasteiger partial charge in [-0.05, 0) is 82.0 Å². The predicted octanol–water partition coefficient (Wildman–Crippen LogP) is 2.65. The van der Waals surface area contributed by atoms with Crippen LogP contribution < -0.4 is 10.6 Å². The molecule has 3 atom stereocenters. The third-order valence-electron chi connectivity index (χ3n) is 4.81. The zero-order valence-corrected chi connectivity index (χ0v) is 11.7. The summed E-state index contributed by atoms with van der Waals surface area (Å²) in [6.45, 7) is 9.78. The number of piperidine rings is 1. The summed E-state index contributed by atoms with van der Waals surface area (Å²) in [4.78, 5) is 0. The second-order valence-corrected chi connectivity index (χ2v) is 6.39. The molecule has 2 fully saturated rings. The Labute approximate surface area is 107 Å². The first-order valence-electron chi connectivity index (χ1n) is 7.69. The zero-order chi connectivity index (χ0) is 12.1. The highest BCUT2D eigenvalue weighted by Gasteiger charge is 2.27. The Morgan fingerprint density at radius 2 is 1.94 bits per heavy atom. The standard InChI is InChI=1S/C15H30N2/c1-12(15-4-3-8-16-11-15)7-9-17-10-13(2)14-5-6-14/h12-17H,3-11H2,1-2H3. The van der Waals surface area contributed by atoms with Crippen molar-refractivity contribution in [1.82, 2.24) is 10.6 Å². The smallest absolute Gasteiger partial charge is 0.00180 e. The van der Waals surface area contributed by atoms with Crippen molar-refractivity contribution in [3.63, 3.8) is 0 Å². The molecule has 2 aliphatic rings. The molecule has 0 amide bonds. The summed E-state index contributed by atoms with van der Waals surface area (Å²) in [5.74, 6) is 3.75. The molecule has 1 aliphatic carbocycles. The van der Waals surface area contributed by atoms with Crippen LogP contribution >= 0.6 is 0 Å². The van der Waals surface area contributed by atoms with Crippen LogP contribution in [0.15, 0.2) is 0 Å². The van der Waals surface area contributed by atoms with Gasteiger partial charge in [-0.15, -0.1) is 0 Å². The molecule has 0 aromatic heterocycles. The molecule has 0 aromatic carbocycles. The third kappa shape index (κ3) is 4.59. The first kappa shape index (κ1) is 13.4. The van der Waals surface area contributed by atoms with Gasteiger partial charge in [-0.25, -0.2) is 0 Å². The zero-order valence-electron chi connectivity index (χ0n) is 11.7. The van der Waals surface area contributed by atoms with Crippen LogP contribution in [0.3, 0.4) is 0 Å². The fourth-order valence-corrected chi connectivity index (χ4v) is 3.09. The molecule has 2 heteroatoms. The Morgan fingerprint density at radius 3 is 2.59 bits per heavy atom. The molecule has 0 spiro atoms. The summed E-state index contributed by atoms with van der Waals surface area (Å²) < 4.78 is 0. The third-order valence-corrected chi connectivity index (χ3v) is 4.81. The van der Waals surface area contributed by atoms with Gasteiger partial charge in [0.15, 0.2) is 0 Å². The topological polar surface area (TPSA) is 24.1 Å². The van der Waals surface area contributed by atoms with Crippen molar-refractivity contribution in [3.8, 4) is 0 Å². The van der Waals surface area contributed by atoms with E-state index in [9.17, 15) is 0 Å². The van der Waals surface area contributed by atoms with Crippen molar-refractivity contribution in [2.75, 3.05) is 26.2 Å². The van der Waals surface area contributed by atoms with E-state index in [1.807, 2.05) is 0 Å². The van der Waals surface area contributed by atoms with Crippen LogP contribution in [0.25, 0.3) is 0 Å². The summed E-state index contributed by atoms with van der Waals surface area (Å²) in [5.41, 5.74) is 0. The van der Waals surface area contributed by atoms with E-state index in [4.69, 9.17) is 0 Å². The molecule has 100 valence electrons. The summed E-state index contributed by atoms with van der Waals surface area (Å²) in [6.07, 6.45) is 7.12.